The first kappa shape index (κ1) is 19.7. The minimum Gasteiger partial charge on any atom is -0.497 e. The van der Waals surface area contributed by atoms with E-state index >= 15 is 0 Å². The Morgan fingerprint density at radius 1 is 0.929 bits per heavy atom. The molecule has 1 aliphatic heterocycles. The van der Waals surface area contributed by atoms with Gasteiger partial charge < -0.3 is 19.1 Å². The summed E-state index contributed by atoms with van der Waals surface area (Å²) in [6.45, 7) is 1.12. The summed E-state index contributed by atoms with van der Waals surface area (Å²) < 4.78 is 16.1. The highest BCUT2D eigenvalue weighted by molar-refractivity contribution is 5.85. The largest absolute Gasteiger partial charge is 0.497 e. The Labute approximate surface area is 165 Å². The first-order valence-electron chi connectivity index (χ1n) is 9.47. The summed E-state index contributed by atoms with van der Waals surface area (Å²) in [4.78, 5) is 27.1. The van der Waals surface area contributed by atoms with Gasteiger partial charge in [0.25, 0.3) is 5.91 Å². The molecule has 6 heteroatoms. The van der Waals surface area contributed by atoms with Gasteiger partial charge in [0.2, 0.25) is 6.10 Å². The quantitative estimate of drug-likeness (QED) is 0.686. The number of ether oxygens (including phenoxy) is 3. The van der Waals surface area contributed by atoms with E-state index in [1.165, 1.54) is 0 Å². The molecule has 0 aliphatic carbocycles. The molecule has 2 aromatic carbocycles. The van der Waals surface area contributed by atoms with Gasteiger partial charge in [0.05, 0.1) is 7.11 Å². The summed E-state index contributed by atoms with van der Waals surface area (Å²) in [6, 6.07) is 16.0. The fourth-order valence-electron chi connectivity index (χ4n) is 3.15. The molecule has 0 aromatic heterocycles. The molecule has 0 unspecified atom stereocenters. The smallest absolute Gasteiger partial charge is 0.345 e. The van der Waals surface area contributed by atoms with Crippen molar-refractivity contribution in [2.24, 2.45) is 0 Å². The topological polar surface area (TPSA) is 65.1 Å². The summed E-state index contributed by atoms with van der Waals surface area (Å²) in [5.74, 6) is 0.460. The summed E-state index contributed by atoms with van der Waals surface area (Å²) in [7, 11) is 1.58. The van der Waals surface area contributed by atoms with Crippen LogP contribution in [0.1, 0.15) is 30.9 Å². The van der Waals surface area contributed by atoms with Crippen LogP contribution >= 0.6 is 0 Å². The lowest BCUT2D eigenvalue weighted by atomic mass is 10.1. The predicted octanol–water partition coefficient (Wildman–Crippen LogP) is 3.37. The van der Waals surface area contributed by atoms with E-state index in [0.717, 1.165) is 19.3 Å². The summed E-state index contributed by atoms with van der Waals surface area (Å²) in [6.07, 6.45) is 2.12. The van der Waals surface area contributed by atoms with Crippen LogP contribution in [0.3, 0.4) is 0 Å². The molecule has 148 valence electrons. The number of methoxy groups -OCH3 is 1. The number of hydrogen-bond acceptors (Lipinski definition) is 5. The van der Waals surface area contributed by atoms with Crippen LogP contribution in [0.4, 0.5) is 0 Å². The zero-order valence-electron chi connectivity index (χ0n) is 16.0. The number of hydrogen-bond donors (Lipinski definition) is 0. The Hall–Kier alpha value is -3.02. The first-order valence-corrected chi connectivity index (χ1v) is 9.47. The number of piperidine rings is 1. The van der Waals surface area contributed by atoms with E-state index in [2.05, 4.69) is 0 Å². The number of nitrogens with zero attached hydrogens (tertiary/aromatic N) is 1. The van der Waals surface area contributed by atoms with E-state index in [1.54, 1.807) is 48.4 Å². The molecule has 3 rings (SSSR count). The van der Waals surface area contributed by atoms with E-state index in [9.17, 15) is 9.59 Å². The first-order chi connectivity index (χ1) is 13.7. The fourth-order valence-corrected chi connectivity index (χ4v) is 3.15. The van der Waals surface area contributed by atoms with Crippen LogP contribution in [0, 0.1) is 0 Å². The molecule has 0 bridgehead atoms. The Bertz CT molecular complexity index is 769. The number of amides is 1. The molecule has 1 heterocycles. The second kappa shape index (κ2) is 9.78. The van der Waals surface area contributed by atoms with Crippen LogP contribution in [0.25, 0.3) is 0 Å². The normalized spacial score (nSPS) is 14.8. The number of carbonyl (C=O) groups excluding carboxylic acids is 2. The van der Waals surface area contributed by atoms with Crippen molar-refractivity contribution in [1.82, 2.24) is 4.90 Å². The molecule has 2 aromatic rings. The highest BCUT2D eigenvalue weighted by Crippen LogP contribution is 2.23. The lowest BCUT2D eigenvalue weighted by Gasteiger charge is -2.30. The minimum atomic E-state index is -0.953. The molecule has 28 heavy (non-hydrogen) atoms. The van der Waals surface area contributed by atoms with Gasteiger partial charge in [-0.2, -0.15) is 0 Å². The van der Waals surface area contributed by atoms with Gasteiger partial charge in [0.15, 0.2) is 6.61 Å². The molecule has 6 nitrogen and oxygen atoms in total. The molecule has 1 aliphatic rings. The second-order valence-corrected chi connectivity index (χ2v) is 6.63. The van der Waals surface area contributed by atoms with Crippen molar-refractivity contribution >= 4 is 11.9 Å². The van der Waals surface area contributed by atoms with Crippen molar-refractivity contribution < 1.29 is 23.8 Å². The molecule has 1 fully saturated rings. The lowest BCUT2D eigenvalue weighted by Crippen LogP contribution is -2.40. The third-order valence-electron chi connectivity index (χ3n) is 4.66. The number of esters is 1. The third-order valence-corrected chi connectivity index (χ3v) is 4.66. The monoisotopic (exact) mass is 383 g/mol. The number of rotatable bonds is 7. The molecular weight excluding hydrogens is 358 g/mol. The standard InChI is InChI=1S/C22H25NO5/c1-26-18-10-12-19(13-11-18)27-16-20(24)28-21(17-8-4-2-5-9-17)22(25)23-14-6-3-7-15-23/h2,4-5,8-13,21H,3,6-7,14-16H2,1H3/t21-/m0/s1. The Morgan fingerprint density at radius 2 is 1.57 bits per heavy atom. The molecular formula is C22H25NO5. The van der Waals surface area contributed by atoms with E-state index in [-0.39, 0.29) is 12.5 Å². The molecule has 0 radical (unpaired) electrons. The van der Waals surface area contributed by atoms with Crippen LogP contribution in [-0.2, 0) is 14.3 Å². The Kier molecular flexibility index (Phi) is 6.89. The average Bonchev–Trinajstić information content (AvgIpc) is 2.77. The zero-order chi connectivity index (χ0) is 19.8. The van der Waals surface area contributed by atoms with Crippen molar-refractivity contribution in [3.63, 3.8) is 0 Å². The Morgan fingerprint density at radius 3 is 2.21 bits per heavy atom. The molecule has 0 spiro atoms. The van der Waals surface area contributed by atoms with Crippen molar-refractivity contribution in [3.05, 3.63) is 60.2 Å². The Balaban J connectivity index is 1.64. The van der Waals surface area contributed by atoms with E-state index < -0.39 is 12.1 Å². The van der Waals surface area contributed by atoms with Gasteiger partial charge in [-0.05, 0) is 43.5 Å². The SMILES string of the molecule is COc1ccc(OCC(=O)O[C@H](C(=O)N2CCCCC2)c2ccccc2)cc1. The van der Waals surface area contributed by atoms with Gasteiger partial charge in [-0.1, -0.05) is 30.3 Å². The van der Waals surface area contributed by atoms with Crippen LogP contribution in [0.5, 0.6) is 11.5 Å². The maximum Gasteiger partial charge on any atom is 0.345 e. The van der Waals surface area contributed by atoms with Crippen molar-refractivity contribution in [1.29, 1.82) is 0 Å². The van der Waals surface area contributed by atoms with Crippen LogP contribution in [-0.4, -0.2) is 43.6 Å². The zero-order valence-corrected chi connectivity index (χ0v) is 16.0. The fraction of sp³-hybridized carbons (Fsp3) is 0.364. The summed E-state index contributed by atoms with van der Waals surface area (Å²) in [5.41, 5.74) is 0.663. The van der Waals surface area contributed by atoms with E-state index in [4.69, 9.17) is 14.2 Å². The van der Waals surface area contributed by atoms with Crippen molar-refractivity contribution in [2.75, 3.05) is 26.8 Å². The van der Waals surface area contributed by atoms with E-state index in [1.807, 2.05) is 18.2 Å². The maximum absolute atomic E-state index is 13.0. The van der Waals surface area contributed by atoms with Crippen molar-refractivity contribution in [3.8, 4) is 11.5 Å². The maximum atomic E-state index is 13.0. The predicted molar refractivity (Wildman–Crippen MR) is 104 cm³/mol. The van der Waals surface area contributed by atoms with E-state index in [0.29, 0.717) is 30.2 Å². The van der Waals surface area contributed by atoms with Gasteiger partial charge in [0, 0.05) is 18.7 Å². The minimum absolute atomic E-state index is 0.177. The number of benzene rings is 2. The van der Waals surface area contributed by atoms with Crippen molar-refractivity contribution in [2.45, 2.75) is 25.4 Å². The molecule has 1 saturated heterocycles. The number of carbonyl (C=O) groups is 2. The number of likely N-dealkylation sites (tertiary alicyclic amines) is 1. The molecule has 1 amide bonds. The van der Waals surface area contributed by atoms with Gasteiger partial charge >= 0.3 is 5.97 Å². The van der Waals surface area contributed by atoms with Gasteiger partial charge in [-0.3, -0.25) is 4.79 Å². The van der Waals surface area contributed by atoms with Crippen LogP contribution in [0.15, 0.2) is 54.6 Å². The molecule has 1 atom stereocenters. The second-order valence-electron chi connectivity index (χ2n) is 6.63. The average molecular weight is 383 g/mol. The highest BCUT2D eigenvalue weighted by atomic mass is 16.6. The van der Waals surface area contributed by atoms with Gasteiger partial charge in [0.1, 0.15) is 11.5 Å². The molecule has 0 N–H and O–H groups in total. The summed E-state index contributed by atoms with van der Waals surface area (Å²) >= 11 is 0. The van der Waals surface area contributed by atoms with Gasteiger partial charge in [-0.25, -0.2) is 4.79 Å². The third kappa shape index (κ3) is 5.25. The lowest BCUT2D eigenvalue weighted by molar-refractivity contribution is -0.163. The van der Waals surface area contributed by atoms with Crippen LogP contribution < -0.4 is 9.47 Å². The summed E-state index contributed by atoms with van der Waals surface area (Å²) in [5, 5.41) is 0. The highest BCUT2D eigenvalue weighted by Gasteiger charge is 2.30. The molecule has 0 saturated carbocycles. The van der Waals surface area contributed by atoms with Crippen LogP contribution in [0.2, 0.25) is 0 Å². The van der Waals surface area contributed by atoms with Gasteiger partial charge in [-0.15, -0.1) is 0 Å².